The first-order chi connectivity index (χ1) is 8.40. The van der Waals surface area contributed by atoms with Crippen LogP contribution in [0, 0.1) is 5.92 Å². The van der Waals surface area contributed by atoms with E-state index in [9.17, 15) is 5.11 Å². The van der Waals surface area contributed by atoms with E-state index in [1.54, 1.807) is 0 Å². The van der Waals surface area contributed by atoms with Crippen LogP contribution in [0.1, 0.15) is 39.2 Å². The number of rotatable bonds is 6. The molecule has 0 radical (unpaired) electrons. The number of nitrogens with one attached hydrogen (secondary N) is 1. The highest BCUT2D eigenvalue weighted by atomic mass is 79.9. The van der Waals surface area contributed by atoms with E-state index in [0.29, 0.717) is 6.04 Å². The molecule has 0 spiro atoms. The molecule has 0 bridgehead atoms. The summed E-state index contributed by atoms with van der Waals surface area (Å²) in [4.78, 5) is 0. The molecule has 1 unspecified atom stereocenters. The van der Waals surface area contributed by atoms with Crippen molar-refractivity contribution < 1.29 is 5.11 Å². The van der Waals surface area contributed by atoms with Crippen molar-refractivity contribution in [3.05, 3.63) is 26.6 Å². The van der Waals surface area contributed by atoms with Gasteiger partial charge in [-0.25, -0.2) is 0 Å². The van der Waals surface area contributed by atoms with Gasteiger partial charge in [-0.1, -0.05) is 13.8 Å². The maximum absolute atomic E-state index is 9.64. The molecule has 4 heteroatoms. The van der Waals surface area contributed by atoms with Gasteiger partial charge in [0, 0.05) is 12.6 Å². The Kier molecular flexibility index (Phi) is 6.67. The van der Waals surface area contributed by atoms with E-state index < -0.39 is 0 Å². The van der Waals surface area contributed by atoms with E-state index >= 15 is 0 Å². The molecule has 1 rings (SSSR count). The smallest absolute Gasteiger partial charge is 0.143 e. The third-order valence-electron chi connectivity index (χ3n) is 2.91. The van der Waals surface area contributed by atoms with Gasteiger partial charge in [0.1, 0.15) is 5.75 Å². The van der Waals surface area contributed by atoms with Crippen LogP contribution in [-0.4, -0.2) is 11.1 Å². The molecule has 0 aliphatic heterocycles. The van der Waals surface area contributed by atoms with Crippen molar-refractivity contribution in [3.8, 4) is 5.75 Å². The predicted molar refractivity (Wildman–Crippen MR) is 83.9 cm³/mol. The Bertz CT molecular complexity index is 370. The normalized spacial score (nSPS) is 13.0. The first-order valence-corrected chi connectivity index (χ1v) is 7.89. The van der Waals surface area contributed by atoms with Crippen LogP contribution in [0.4, 0.5) is 0 Å². The molecule has 0 aromatic heterocycles. The molecule has 0 aliphatic carbocycles. The Morgan fingerprint density at radius 2 is 1.67 bits per heavy atom. The molecule has 18 heavy (non-hydrogen) atoms. The predicted octanol–water partition coefficient (Wildman–Crippen LogP) is 4.83. The van der Waals surface area contributed by atoms with Crippen LogP contribution in [0.2, 0.25) is 0 Å². The number of halogens is 2. The second-order valence-electron chi connectivity index (χ2n) is 5.16. The standard InChI is InChI=1S/C14H21Br2NO/c1-9(2)4-5-10(3)17-8-11-6-12(15)14(18)13(16)7-11/h6-7,9-10,17-18H,4-5,8H2,1-3H3. The summed E-state index contributed by atoms with van der Waals surface area (Å²) in [5.41, 5.74) is 1.16. The van der Waals surface area contributed by atoms with E-state index in [-0.39, 0.29) is 5.75 Å². The van der Waals surface area contributed by atoms with E-state index in [0.717, 1.165) is 27.0 Å². The fourth-order valence-electron chi connectivity index (χ4n) is 1.70. The highest BCUT2D eigenvalue weighted by Crippen LogP contribution is 2.33. The molecular weight excluding hydrogens is 358 g/mol. The first-order valence-electron chi connectivity index (χ1n) is 6.30. The lowest BCUT2D eigenvalue weighted by Crippen LogP contribution is -2.25. The van der Waals surface area contributed by atoms with Crippen LogP contribution in [0.5, 0.6) is 5.75 Å². The molecule has 0 heterocycles. The number of hydrogen-bond donors (Lipinski definition) is 2. The van der Waals surface area contributed by atoms with E-state index in [2.05, 4.69) is 57.9 Å². The summed E-state index contributed by atoms with van der Waals surface area (Å²) in [6.45, 7) is 7.53. The van der Waals surface area contributed by atoms with Gasteiger partial charge in [0.2, 0.25) is 0 Å². The third kappa shape index (κ3) is 5.29. The van der Waals surface area contributed by atoms with Crippen molar-refractivity contribution in [3.63, 3.8) is 0 Å². The van der Waals surface area contributed by atoms with Crippen molar-refractivity contribution in [1.29, 1.82) is 0 Å². The van der Waals surface area contributed by atoms with Gasteiger partial charge in [-0.15, -0.1) is 0 Å². The number of hydrogen-bond acceptors (Lipinski definition) is 2. The van der Waals surface area contributed by atoms with Gasteiger partial charge in [0.15, 0.2) is 0 Å². The Hall–Kier alpha value is -0.0600. The van der Waals surface area contributed by atoms with Gasteiger partial charge in [-0.3, -0.25) is 0 Å². The van der Waals surface area contributed by atoms with Crippen LogP contribution >= 0.6 is 31.9 Å². The molecule has 1 atom stereocenters. The van der Waals surface area contributed by atoms with E-state index in [1.165, 1.54) is 12.8 Å². The monoisotopic (exact) mass is 377 g/mol. The van der Waals surface area contributed by atoms with Gasteiger partial charge in [0.25, 0.3) is 0 Å². The average molecular weight is 379 g/mol. The molecule has 0 saturated carbocycles. The Balaban J connectivity index is 2.48. The second-order valence-corrected chi connectivity index (χ2v) is 6.87. The van der Waals surface area contributed by atoms with E-state index in [1.807, 2.05) is 12.1 Å². The zero-order valence-electron chi connectivity index (χ0n) is 11.1. The van der Waals surface area contributed by atoms with E-state index in [4.69, 9.17) is 0 Å². The van der Waals surface area contributed by atoms with Crippen LogP contribution in [0.3, 0.4) is 0 Å². The van der Waals surface area contributed by atoms with Crippen LogP contribution in [0.25, 0.3) is 0 Å². The zero-order valence-corrected chi connectivity index (χ0v) is 14.3. The zero-order chi connectivity index (χ0) is 13.7. The SMILES string of the molecule is CC(C)CCC(C)NCc1cc(Br)c(O)c(Br)c1. The lowest BCUT2D eigenvalue weighted by atomic mass is 10.0. The van der Waals surface area contributed by atoms with Gasteiger partial charge in [-0.2, -0.15) is 0 Å². The Morgan fingerprint density at radius 3 is 2.17 bits per heavy atom. The summed E-state index contributed by atoms with van der Waals surface area (Å²) in [7, 11) is 0. The molecule has 1 aromatic carbocycles. The highest BCUT2D eigenvalue weighted by molar-refractivity contribution is 9.11. The molecule has 0 aliphatic rings. The number of phenolic OH excluding ortho intramolecular Hbond substituents is 1. The summed E-state index contributed by atoms with van der Waals surface area (Å²) in [6.07, 6.45) is 2.44. The number of phenols is 1. The topological polar surface area (TPSA) is 32.3 Å². The van der Waals surface area contributed by atoms with Crippen LogP contribution in [0.15, 0.2) is 21.1 Å². The minimum Gasteiger partial charge on any atom is -0.506 e. The minimum absolute atomic E-state index is 0.256. The van der Waals surface area contributed by atoms with Gasteiger partial charge in [0.05, 0.1) is 8.95 Å². The second kappa shape index (κ2) is 7.51. The summed E-state index contributed by atoms with van der Waals surface area (Å²) in [5, 5.41) is 13.1. The number of aromatic hydroxyl groups is 1. The summed E-state index contributed by atoms with van der Waals surface area (Å²) >= 11 is 6.69. The molecule has 102 valence electrons. The summed E-state index contributed by atoms with van der Waals surface area (Å²) in [5.74, 6) is 1.01. The van der Waals surface area contributed by atoms with Crippen molar-refractivity contribution in [2.75, 3.05) is 0 Å². The molecular formula is C14H21Br2NO. The molecule has 1 aromatic rings. The fourth-order valence-corrected chi connectivity index (χ4v) is 2.98. The lowest BCUT2D eigenvalue weighted by Gasteiger charge is -2.15. The van der Waals surface area contributed by atoms with Crippen molar-refractivity contribution in [2.45, 2.75) is 46.2 Å². The Morgan fingerprint density at radius 1 is 1.11 bits per heavy atom. The average Bonchev–Trinajstić information content (AvgIpc) is 2.30. The maximum Gasteiger partial charge on any atom is 0.143 e. The first kappa shape index (κ1) is 16.0. The lowest BCUT2D eigenvalue weighted by molar-refractivity contribution is 0.449. The van der Waals surface area contributed by atoms with Crippen molar-refractivity contribution in [2.24, 2.45) is 5.92 Å². The fraction of sp³-hybridized carbons (Fsp3) is 0.571. The third-order valence-corrected chi connectivity index (χ3v) is 4.12. The minimum atomic E-state index is 0.256. The van der Waals surface area contributed by atoms with Crippen LogP contribution < -0.4 is 5.32 Å². The quantitative estimate of drug-likeness (QED) is 0.742. The highest BCUT2D eigenvalue weighted by Gasteiger charge is 2.07. The number of benzene rings is 1. The van der Waals surface area contributed by atoms with Gasteiger partial charge in [-0.05, 0) is 75.2 Å². The van der Waals surface area contributed by atoms with Crippen molar-refractivity contribution in [1.82, 2.24) is 5.32 Å². The summed E-state index contributed by atoms with van der Waals surface area (Å²) in [6, 6.07) is 4.41. The van der Waals surface area contributed by atoms with Gasteiger partial charge >= 0.3 is 0 Å². The molecule has 0 amide bonds. The molecule has 0 saturated heterocycles. The largest absolute Gasteiger partial charge is 0.506 e. The van der Waals surface area contributed by atoms with Crippen LogP contribution in [-0.2, 0) is 6.54 Å². The Labute approximate surface area is 126 Å². The molecule has 2 nitrogen and oxygen atoms in total. The molecule has 2 N–H and O–H groups in total. The van der Waals surface area contributed by atoms with Crippen molar-refractivity contribution >= 4 is 31.9 Å². The van der Waals surface area contributed by atoms with Gasteiger partial charge < -0.3 is 10.4 Å². The maximum atomic E-state index is 9.64. The summed E-state index contributed by atoms with van der Waals surface area (Å²) < 4.78 is 1.45. The molecule has 0 fully saturated rings.